The Morgan fingerprint density at radius 1 is 1.24 bits per heavy atom. The molecule has 0 unspecified atom stereocenters. The topological polar surface area (TPSA) is 100 Å². The highest BCUT2D eigenvalue weighted by Crippen LogP contribution is 2.27. The van der Waals surface area contributed by atoms with Gasteiger partial charge in [-0.25, -0.2) is 5.43 Å². The van der Waals surface area contributed by atoms with Gasteiger partial charge in [-0.1, -0.05) is 22.0 Å². The number of benzene rings is 2. The molecular formula is C17H16BrN3O4. The number of hydrogen-bond acceptors (Lipinski definition) is 5. The van der Waals surface area contributed by atoms with Crippen LogP contribution in [0.3, 0.4) is 0 Å². The molecule has 2 rings (SSSR count). The molecule has 7 nitrogen and oxygen atoms in total. The third-order valence-electron chi connectivity index (χ3n) is 3.26. The predicted molar refractivity (Wildman–Crippen MR) is 97.9 cm³/mol. The monoisotopic (exact) mass is 405 g/mol. The number of aromatic hydroxyl groups is 1. The van der Waals surface area contributed by atoms with Crippen LogP contribution in [0.15, 0.2) is 46.0 Å². The Morgan fingerprint density at radius 2 is 2.00 bits per heavy atom. The fraction of sp³-hybridized carbons (Fsp3) is 0.118. The molecule has 2 amide bonds. The van der Waals surface area contributed by atoms with Crippen LogP contribution in [-0.4, -0.2) is 30.2 Å². The first-order valence-corrected chi connectivity index (χ1v) is 7.98. The largest absolute Gasteiger partial charge is 0.504 e. The van der Waals surface area contributed by atoms with Crippen LogP contribution in [0.5, 0.6) is 11.5 Å². The number of phenolic OH excluding ortho intramolecular Hbond substituents is 1. The fourth-order valence-corrected chi connectivity index (χ4v) is 2.44. The Kier molecular flexibility index (Phi) is 6.13. The van der Waals surface area contributed by atoms with Crippen molar-refractivity contribution in [2.24, 2.45) is 5.10 Å². The third kappa shape index (κ3) is 4.80. The SMILES string of the molecule is COc1cccc(C=NNC(=O)C(=O)Nc2ccc(Br)cc2C)c1O. The van der Waals surface area contributed by atoms with Crippen molar-refractivity contribution in [3.8, 4) is 11.5 Å². The molecule has 0 fully saturated rings. The summed E-state index contributed by atoms with van der Waals surface area (Å²) in [4.78, 5) is 23.7. The zero-order valence-electron chi connectivity index (χ0n) is 13.5. The van der Waals surface area contributed by atoms with Gasteiger partial charge in [0.25, 0.3) is 0 Å². The maximum atomic E-state index is 11.9. The molecule has 0 bridgehead atoms. The number of carbonyl (C=O) groups excluding carboxylic acids is 2. The van der Waals surface area contributed by atoms with E-state index in [1.54, 1.807) is 30.3 Å². The zero-order valence-corrected chi connectivity index (χ0v) is 15.1. The van der Waals surface area contributed by atoms with E-state index >= 15 is 0 Å². The molecule has 0 aliphatic heterocycles. The first-order valence-electron chi connectivity index (χ1n) is 7.19. The summed E-state index contributed by atoms with van der Waals surface area (Å²) >= 11 is 3.32. The summed E-state index contributed by atoms with van der Waals surface area (Å²) < 4.78 is 5.84. The van der Waals surface area contributed by atoms with Crippen molar-refractivity contribution in [2.75, 3.05) is 12.4 Å². The quantitative estimate of drug-likeness (QED) is 0.413. The summed E-state index contributed by atoms with van der Waals surface area (Å²) in [5, 5.41) is 16.1. The first-order chi connectivity index (χ1) is 11.9. The molecule has 0 saturated carbocycles. The molecule has 0 saturated heterocycles. The van der Waals surface area contributed by atoms with Crippen LogP contribution in [0, 0.1) is 6.92 Å². The lowest BCUT2D eigenvalue weighted by atomic mass is 10.2. The average Bonchev–Trinajstić information content (AvgIpc) is 2.58. The van der Waals surface area contributed by atoms with Gasteiger partial charge in [0.2, 0.25) is 0 Å². The Labute approximate surface area is 152 Å². The van der Waals surface area contributed by atoms with Gasteiger partial charge in [0.15, 0.2) is 11.5 Å². The Hall–Kier alpha value is -2.87. The molecule has 0 radical (unpaired) electrons. The van der Waals surface area contributed by atoms with Crippen molar-refractivity contribution < 1.29 is 19.4 Å². The molecule has 0 aliphatic carbocycles. The van der Waals surface area contributed by atoms with Gasteiger partial charge >= 0.3 is 11.8 Å². The van der Waals surface area contributed by atoms with Crippen LogP contribution in [0.25, 0.3) is 0 Å². The number of hydrogen-bond donors (Lipinski definition) is 3. The van der Waals surface area contributed by atoms with E-state index in [0.717, 1.165) is 10.0 Å². The summed E-state index contributed by atoms with van der Waals surface area (Å²) in [5.41, 5.74) is 3.77. The highest BCUT2D eigenvalue weighted by atomic mass is 79.9. The minimum absolute atomic E-state index is 0.113. The minimum Gasteiger partial charge on any atom is -0.504 e. The maximum absolute atomic E-state index is 11.9. The highest BCUT2D eigenvalue weighted by molar-refractivity contribution is 9.10. The molecule has 0 heterocycles. The normalized spacial score (nSPS) is 10.5. The van der Waals surface area contributed by atoms with Crippen LogP contribution in [0.4, 0.5) is 5.69 Å². The lowest BCUT2D eigenvalue weighted by molar-refractivity contribution is -0.136. The summed E-state index contributed by atoms with van der Waals surface area (Å²) in [5.74, 6) is -1.62. The molecule has 0 aromatic heterocycles. The molecule has 130 valence electrons. The second kappa shape index (κ2) is 8.29. The van der Waals surface area contributed by atoms with Gasteiger partial charge in [-0.05, 0) is 42.8 Å². The molecule has 8 heteroatoms. The van der Waals surface area contributed by atoms with E-state index in [1.165, 1.54) is 13.3 Å². The van der Waals surface area contributed by atoms with E-state index in [1.807, 2.05) is 13.0 Å². The van der Waals surface area contributed by atoms with Gasteiger partial charge in [0.1, 0.15) is 0 Å². The van der Waals surface area contributed by atoms with Crippen molar-refractivity contribution in [3.05, 3.63) is 52.0 Å². The number of ether oxygens (including phenoxy) is 1. The molecule has 0 spiro atoms. The number of carbonyl (C=O) groups is 2. The van der Waals surface area contributed by atoms with E-state index in [4.69, 9.17) is 4.74 Å². The van der Waals surface area contributed by atoms with E-state index < -0.39 is 11.8 Å². The number of rotatable bonds is 4. The molecular weight excluding hydrogens is 390 g/mol. The van der Waals surface area contributed by atoms with Gasteiger partial charge in [-0.15, -0.1) is 0 Å². The number of phenols is 1. The van der Waals surface area contributed by atoms with Crippen LogP contribution >= 0.6 is 15.9 Å². The number of para-hydroxylation sites is 1. The summed E-state index contributed by atoms with van der Waals surface area (Å²) in [7, 11) is 1.42. The second-order valence-electron chi connectivity index (χ2n) is 5.01. The predicted octanol–water partition coefficient (Wildman–Crippen LogP) is 2.56. The zero-order chi connectivity index (χ0) is 18.4. The maximum Gasteiger partial charge on any atom is 0.329 e. The van der Waals surface area contributed by atoms with Gasteiger partial charge in [-0.3, -0.25) is 9.59 Å². The standard InChI is InChI=1S/C17H16BrN3O4/c1-10-8-12(18)6-7-13(10)20-16(23)17(24)21-19-9-11-4-3-5-14(25-2)15(11)22/h3-9,22H,1-2H3,(H,20,23)(H,21,24). The van der Waals surface area contributed by atoms with Crippen molar-refractivity contribution in [2.45, 2.75) is 6.92 Å². The van der Waals surface area contributed by atoms with Crippen LogP contribution in [-0.2, 0) is 9.59 Å². The molecule has 2 aromatic carbocycles. The van der Waals surface area contributed by atoms with Crippen molar-refractivity contribution in [1.29, 1.82) is 0 Å². The van der Waals surface area contributed by atoms with Crippen molar-refractivity contribution in [1.82, 2.24) is 5.43 Å². The van der Waals surface area contributed by atoms with E-state index in [-0.39, 0.29) is 11.5 Å². The van der Waals surface area contributed by atoms with Crippen molar-refractivity contribution in [3.63, 3.8) is 0 Å². The third-order valence-corrected chi connectivity index (χ3v) is 3.76. The van der Waals surface area contributed by atoms with Crippen LogP contribution in [0.2, 0.25) is 0 Å². The van der Waals surface area contributed by atoms with Crippen LogP contribution < -0.4 is 15.5 Å². The van der Waals surface area contributed by atoms with E-state index in [2.05, 4.69) is 31.8 Å². The summed E-state index contributed by atoms with van der Waals surface area (Å²) in [6.45, 7) is 1.81. The van der Waals surface area contributed by atoms with Crippen LogP contribution in [0.1, 0.15) is 11.1 Å². The van der Waals surface area contributed by atoms with Gasteiger partial charge < -0.3 is 15.2 Å². The lowest BCUT2D eigenvalue weighted by Crippen LogP contribution is -2.32. The molecule has 25 heavy (non-hydrogen) atoms. The average molecular weight is 406 g/mol. The van der Waals surface area contributed by atoms with E-state index in [0.29, 0.717) is 11.3 Å². The van der Waals surface area contributed by atoms with Crippen molar-refractivity contribution >= 4 is 39.6 Å². The van der Waals surface area contributed by atoms with E-state index in [9.17, 15) is 14.7 Å². The molecule has 2 aromatic rings. The Bertz CT molecular complexity index is 837. The number of nitrogens with zero attached hydrogens (tertiary/aromatic N) is 1. The fourth-order valence-electron chi connectivity index (χ4n) is 1.97. The second-order valence-corrected chi connectivity index (χ2v) is 5.93. The van der Waals surface area contributed by atoms with Gasteiger partial charge in [-0.2, -0.15) is 5.10 Å². The smallest absolute Gasteiger partial charge is 0.329 e. The summed E-state index contributed by atoms with van der Waals surface area (Å²) in [6.07, 6.45) is 1.22. The lowest BCUT2D eigenvalue weighted by Gasteiger charge is -2.07. The highest BCUT2D eigenvalue weighted by Gasteiger charge is 2.14. The number of nitrogens with one attached hydrogen (secondary N) is 2. The summed E-state index contributed by atoms with van der Waals surface area (Å²) in [6, 6.07) is 10.1. The number of methoxy groups -OCH3 is 1. The van der Waals surface area contributed by atoms with Gasteiger partial charge in [0, 0.05) is 15.7 Å². The first kappa shape index (κ1) is 18.5. The van der Waals surface area contributed by atoms with Gasteiger partial charge in [0.05, 0.1) is 13.3 Å². The number of hydrazone groups is 1. The molecule has 0 aliphatic rings. The molecule has 3 N–H and O–H groups in total. The number of amides is 2. The number of anilines is 1. The Morgan fingerprint density at radius 3 is 2.68 bits per heavy atom. The number of halogens is 1. The molecule has 0 atom stereocenters. The number of aryl methyl sites for hydroxylation is 1. The Balaban J connectivity index is 1.99. The minimum atomic E-state index is -0.930.